The molecule has 0 amide bonds. The van der Waals surface area contributed by atoms with Crippen LogP contribution < -0.4 is 0 Å². The van der Waals surface area contributed by atoms with Gasteiger partial charge >= 0.3 is 0 Å². The summed E-state index contributed by atoms with van der Waals surface area (Å²) in [6.45, 7) is 9.75. The van der Waals surface area contributed by atoms with Crippen LogP contribution in [-0.4, -0.2) is 8.07 Å². The highest BCUT2D eigenvalue weighted by atomic mass is 28.3. The second kappa shape index (κ2) is 5.60. The second-order valence-electron chi connectivity index (χ2n) is 8.05. The quantitative estimate of drug-likeness (QED) is 0.535. The number of allylic oxidation sites excluding steroid dienone is 3. The largest absolute Gasteiger partial charge is 0.0792 e. The molecule has 0 aromatic heterocycles. The van der Waals surface area contributed by atoms with Crippen LogP contribution in [0.25, 0.3) is 21.9 Å². The van der Waals surface area contributed by atoms with Crippen molar-refractivity contribution in [2.75, 3.05) is 0 Å². The molecule has 4 rings (SSSR count). The summed E-state index contributed by atoms with van der Waals surface area (Å²) in [6.07, 6.45) is 3.71. The third-order valence-corrected chi connectivity index (χ3v) is 7.34. The predicted octanol–water partition coefficient (Wildman–Crippen LogP) is 6.90. The maximum Gasteiger partial charge on any atom is 0.0792 e. The summed E-state index contributed by atoms with van der Waals surface area (Å²) in [5.74, 6) is 0. The van der Waals surface area contributed by atoms with Gasteiger partial charge in [-0.05, 0) is 57.0 Å². The van der Waals surface area contributed by atoms with E-state index in [0.29, 0.717) is 0 Å². The molecule has 2 aromatic rings. The first-order valence-corrected chi connectivity index (χ1v) is 12.7. The highest BCUT2D eigenvalue weighted by Crippen LogP contribution is 2.58. The Morgan fingerprint density at radius 3 is 1.83 bits per heavy atom. The minimum Gasteiger partial charge on any atom is -0.0656 e. The van der Waals surface area contributed by atoms with Crippen LogP contribution in [-0.2, 0) is 0 Å². The molecule has 2 aliphatic carbocycles. The zero-order valence-electron chi connectivity index (χ0n) is 15.2. The van der Waals surface area contributed by atoms with E-state index in [2.05, 4.69) is 75.1 Å². The lowest BCUT2D eigenvalue weighted by atomic mass is 9.96. The molecule has 2 aliphatic rings. The van der Waals surface area contributed by atoms with Gasteiger partial charge in [0.15, 0.2) is 0 Å². The molecule has 0 spiro atoms. The Kier molecular flexibility index (Phi) is 3.65. The SMILES string of the molecule is CCCCC1=C2C(=C([Si](C)(C)C)c3ccccc32)c2ccccc21. The van der Waals surface area contributed by atoms with Crippen LogP contribution in [0, 0.1) is 0 Å². The molecule has 2 aromatic carbocycles. The molecule has 0 radical (unpaired) electrons. The van der Waals surface area contributed by atoms with Crippen molar-refractivity contribution in [3.05, 3.63) is 70.8 Å². The van der Waals surface area contributed by atoms with E-state index >= 15 is 0 Å². The van der Waals surface area contributed by atoms with Crippen molar-refractivity contribution in [2.24, 2.45) is 0 Å². The third-order valence-electron chi connectivity index (χ3n) is 5.32. The van der Waals surface area contributed by atoms with Crippen molar-refractivity contribution in [1.29, 1.82) is 0 Å². The first-order valence-electron chi connectivity index (χ1n) is 9.22. The number of fused-ring (bicyclic) bond motifs is 5. The van der Waals surface area contributed by atoms with Crippen LogP contribution in [0.2, 0.25) is 19.6 Å². The Hall–Kier alpha value is -1.86. The Morgan fingerprint density at radius 2 is 1.25 bits per heavy atom. The van der Waals surface area contributed by atoms with Gasteiger partial charge in [-0.3, -0.25) is 0 Å². The fourth-order valence-electron chi connectivity index (χ4n) is 4.39. The van der Waals surface area contributed by atoms with Gasteiger partial charge in [-0.15, -0.1) is 0 Å². The van der Waals surface area contributed by atoms with E-state index in [-0.39, 0.29) is 0 Å². The van der Waals surface area contributed by atoms with Crippen molar-refractivity contribution >= 4 is 30.0 Å². The molecule has 0 fully saturated rings. The molecule has 0 bridgehead atoms. The lowest BCUT2D eigenvalue weighted by Gasteiger charge is -2.21. The van der Waals surface area contributed by atoms with Crippen molar-refractivity contribution in [1.82, 2.24) is 0 Å². The average molecular weight is 331 g/mol. The van der Waals surface area contributed by atoms with E-state index < -0.39 is 8.07 Å². The summed E-state index contributed by atoms with van der Waals surface area (Å²) in [5, 5.41) is 1.66. The van der Waals surface area contributed by atoms with Crippen LogP contribution in [0.3, 0.4) is 0 Å². The lowest BCUT2D eigenvalue weighted by molar-refractivity contribution is 0.825. The number of rotatable bonds is 4. The molecule has 0 heterocycles. The molecular formula is C23H26Si. The Morgan fingerprint density at radius 1 is 0.708 bits per heavy atom. The second-order valence-corrected chi connectivity index (χ2v) is 13.0. The van der Waals surface area contributed by atoms with Crippen molar-refractivity contribution in [3.8, 4) is 0 Å². The normalized spacial score (nSPS) is 15.7. The lowest BCUT2D eigenvalue weighted by Crippen LogP contribution is -2.22. The molecule has 122 valence electrons. The molecule has 0 unspecified atom stereocenters. The zero-order chi connectivity index (χ0) is 16.9. The summed E-state index contributed by atoms with van der Waals surface area (Å²) >= 11 is 0. The highest BCUT2D eigenvalue weighted by Gasteiger charge is 2.39. The van der Waals surface area contributed by atoms with Crippen molar-refractivity contribution in [3.63, 3.8) is 0 Å². The number of hydrogen-bond donors (Lipinski definition) is 0. The van der Waals surface area contributed by atoms with Crippen molar-refractivity contribution in [2.45, 2.75) is 45.8 Å². The fraction of sp³-hybridized carbons (Fsp3) is 0.304. The Balaban J connectivity index is 2.08. The van der Waals surface area contributed by atoms with Gasteiger partial charge in [-0.1, -0.05) is 81.5 Å². The van der Waals surface area contributed by atoms with E-state index in [1.165, 1.54) is 41.5 Å². The third kappa shape index (κ3) is 2.18. The molecule has 0 saturated carbocycles. The van der Waals surface area contributed by atoms with E-state index in [1.54, 1.807) is 21.9 Å². The molecular weight excluding hydrogens is 304 g/mol. The van der Waals surface area contributed by atoms with Crippen LogP contribution in [0.1, 0.15) is 48.4 Å². The standard InChI is InChI=1S/C23H26Si/c1-5-6-11-17-16-12-7-8-13-18(16)22-21(17)19-14-9-10-15-20(19)23(22)24(2,3)4/h7-10,12-15H,5-6,11H2,1-4H3. The van der Waals surface area contributed by atoms with Gasteiger partial charge in [0.05, 0.1) is 8.07 Å². The van der Waals surface area contributed by atoms with Gasteiger partial charge in [0.25, 0.3) is 0 Å². The minimum absolute atomic E-state index is 1.19. The Bertz CT molecular complexity index is 875. The van der Waals surface area contributed by atoms with Gasteiger partial charge in [-0.25, -0.2) is 0 Å². The monoisotopic (exact) mass is 330 g/mol. The smallest absolute Gasteiger partial charge is 0.0656 e. The molecule has 0 aliphatic heterocycles. The zero-order valence-corrected chi connectivity index (χ0v) is 16.2. The van der Waals surface area contributed by atoms with Crippen LogP contribution in [0.15, 0.2) is 48.5 Å². The Labute approximate surface area is 146 Å². The summed E-state index contributed by atoms with van der Waals surface area (Å²) in [5.41, 5.74) is 10.7. The summed E-state index contributed by atoms with van der Waals surface area (Å²) < 4.78 is 0. The summed E-state index contributed by atoms with van der Waals surface area (Å²) in [4.78, 5) is 0. The molecule has 1 heteroatoms. The van der Waals surface area contributed by atoms with E-state index in [1.807, 2.05) is 0 Å². The predicted molar refractivity (Wildman–Crippen MR) is 109 cm³/mol. The van der Waals surface area contributed by atoms with Crippen LogP contribution in [0.4, 0.5) is 0 Å². The van der Waals surface area contributed by atoms with Crippen molar-refractivity contribution < 1.29 is 0 Å². The topological polar surface area (TPSA) is 0 Å². The number of benzene rings is 2. The van der Waals surface area contributed by atoms with Gasteiger partial charge in [0.1, 0.15) is 0 Å². The van der Waals surface area contributed by atoms with E-state index in [0.717, 1.165) is 0 Å². The average Bonchev–Trinajstić information content (AvgIpc) is 3.05. The highest BCUT2D eigenvalue weighted by molar-refractivity contribution is 6.96. The first kappa shape index (κ1) is 15.7. The van der Waals surface area contributed by atoms with Gasteiger partial charge in [-0.2, -0.15) is 0 Å². The molecule has 0 nitrogen and oxygen atoms in total. The minimum atomic E-state index is -1.45. The van der Waals surface area contributed by atoms with Crippen LogP contribution in [0.5, 0.6) is 0 Å². The molecule has 0 atom stereocenters. The summed E-state index contributed by atoms with van der Waals surface area (Å²) in [7, 11) is -1.45. The summed E-state index contributed by atoms with van der Waals surface area (Å²) in [6, 6.07) is 18.2. The molecule has 0 N–H and O–H groups in total. The van der Waals surface area contributed by atoms with Crippen LogP contribution >= 0.6 is 0 Å². The maximum atomic E-state index is 2.49. The van der Waals surface area contributed by atoms with Gasteiger partial charge in [0, 0.05) is 0 Å². The number of hydrogen-bond acceptors (Lipinski definition) is 0. The first-order chi connectivity index (χ1) is 11.5. The van der Waals surface area contributed by atoms with E-state index in [9.17, 15) is 0 Å². The molecule has 0 saturated heterocycles. The van der Waals surface area contributed by atoms with E-state index in [4.69, 9.17) is 0 Å². The number of unbranched alkanes of at least 4 members (excludes halogenated alkanes) is 1. The maximum absolute atomic E-state index is 2.49. The van der Waals surface area contributed by atoms with Gasteiger partial charge < -0.3 is 0 Å². The molecule has 24 heavy (non-hydrogen) atoms. The van der Waals surface area contributed by atoms with Gasteiger partial charge in [0.2, 0.25) is 0 Å². The fourth-order valence-corrected chi connectivity index (χ4v) is 6.42.